The highest BCUT2D eigenvalue weighted by Crippen LogP contribution is 2.44. The second kappa shape index (κ2) is 12.0. The van der Waals surface area contributed by atoms with E-state index in [4.69, 9.17) is 14.0 Å². The summed E-state index contributed by atoms with van der Waals surface area (Å²) in [5.74, 6) is 1.13. The molecule has 37 heavy (non-hydrogen) atoms. The highest BCUT2D eigenvalue weighted by atomic mass is 19.1. The number of aryl methyl sites for hydroxylation is 1. The molecule has 0 amide bonds. The highest BCUT2D eigenvalue weighted by Gasteiger charge is 2.53. The van der Waals surface area contributed by atoms with Gasteiger partial charge in [-0.15, -0.1) is 0 Å². The van der Waals surface area contributed by atoms with Crippen LogP contribution in [-0.4, -0.2) is 49.8 Å². The molecule has 2 aromatic rings. The predicted molar refractivity (Wildman–Crippen MR) is 148 cm³/mol. The second-order valence-electron chi connectivity index (χ2n) is 11.1. The van der Waals surface area contributed by atoms with E-state index in [1.165, 1.54) is 0 Å². The lowest BCUT2D eigenvalue weighted by atomic mass is 9.70. The maximum Gasteiger partial charge on any atom is 0.491 e. The van der Waals surface area contributed by atoms with Gasteiger partial charge in [-0.05, 0) is 131 Å². The molecule has 0 unspecified atom stereocenters. The number of alkyl halides is 1. The van der Waals surface area contributed by atoms with Gasteiger partial charge < -0.3 is 24.5 Å². The number of unbranched alkanes of at least 4 members (excludes halogenated alkanes) is 1. The molecule has 0 radical (unpaired) electrons. The van der Waals surface area contributed by atoms with Gasteiger partial charge in [0.2, 0.25) is 0 Å². The van der Waals surface area contributed by atoms with Crippen LogP contribution in [0.2, 0.25) is 0 Å². The van der Waals surface area contributed by atoms with Gasteiger partial charge in [0.05, 0.1) is 24.5 Å². The SMILES string of the molecule is CC1(C)OB(C2=C(c3ccc(OCCCCNCCCF)cc3)c3ccc(O)cc3CCC2)OC1(C)C. The quantitative estimate of drug-likeness (QED) is 0.276. The van der Waals surface area contributed by atoms with Crippen molar-refractivity contribution in [3.63, 3.8) is 0 Å². The first-order valence-corrected chi connectivity index (χ1v) is 13.6. The van der Waals surface area contributed by atoms with Crippen molar-refractivity contribution in [1.29, 1.82) is 0 Å². The third-order valence-corrected chi connectivity index (χ3v) is 7.76. The Morgan fingerprint density at radius 3 is 2.35 bits per heavy atom. The summed E-state index contributed by atoms with van der Waals surface area (Å²) in [6.45, 7) is 10.3. The normalized spacial score (nSPS) is 18.6. The van der Waals surface area contributed by atoms with Gasteiger partial charge in [0.1, 0.15) is 11.5 Å². The van der Waals surface area contributed by atoms with E-state index in [0.29, 0.717) is 18.8 Å². The number of allylic oxidation sites excluding steroid dienone is 1. The Morgan fingerprint density at radius 1 is 0.946 bits per heavy atom. The minimum atomic E-state index is -0.422. The van der Waals surface area contributed by atoms with Crippen molar-refractivity contribution in [1.82, 2.24) is 5.32 Å². The van der Waals surface area contributed by atoms with Crippen molar-refractivity contribution >= 4 is 12.7 Å². The Bertz CT molecular complexity index is 1070. The fourth-order valence-corrected chi connectivity index (χ4v) is 4.94. The van der Waals surface area contributed by atoms with E-state index in [9.17, 15) is 9.50 Å². The largest absolute Gasteiger partial charge is 0.508 e. The molecule has 2 aliphatic rings. The Balaban J connectivity index is 1.54. The lowest BCUT2D eigenvalue weighted by Gasteiger charge is -2.32. The smallest absolute Gasteiger partial charge is 0.491 e. The molecule has 0 spiro atoms. The molecule has 2 aromatic carbocycles. The van der Waals surface area contributed by atoms with Gasteiger partial charge in [-0.2, -0.15) is 0 Å². The van der Waals surface area contributed by atoms with E-state index in [0.717, 1.165) is 78.7 Å². The fraction of sp³-hybridized carbons (Fsp3) is 0.533. The van der Waals surface area contributed by atoms with Crippen LogP contribution in [0.15, 0.2) is 47.9 Å². The molecule has 1 aliphatic heterocycles. The Labute approximate surface area is 221 Å². The van der Waals surface area contributed by atoms with Gasteiger partial charge in [-0.25, -0.2) is 0 Å². The van der Waals surface area contributed by atoms with Crippen LogP contribution in [0.5, 0.6) is 11.5 Å². The summed E-state index contributed by atoms with van der Waals surface area (Å²) in [7, 11) is -0.422. The average Bonchev–Trinajstić information content (AvgIpc) is 2.97. The average molecular weight is 509 g/mol. The van der Waals surface area contributed by atoms with Gasteiger partial charge in [0.25, 0.3) is 0 Å². The zero-order valence-electron chi connectivity index (χ0n) is 22.7. The first-order chi connectivity index (χ1) is 17.7. The van der Waals surface area contributed by atoms with Crippen LogP contribution in [0.4, 0.5) is 4.39 Å². The molecule has 0 saturated carbocycles. The summed E-state index contributed by atoms with van der Waals surface area (Å²) in [5, 5.41) is 13.4. The number of nitrogens with one attached hydrogen (secondary N) is 1. The van der Waals surface area contributed by atoms with Crippen LogP contribution in [-0.2, 0) is 15.7 Å². The van der Waals surface area contributed by atoms with Gasteiger partial charge in [0, 0.05) is 0 Å². The molecule has 0 aromatic heterocycles. The first-order valence-electron chi connectivity index (χ1n) is 13.6. The minimum absolute atomic E-state index is 0.269. The molecule has 200 valence electrons. The lowest BCUT2D eigenvalue weighted by Crippen LogP contribution is -2.41. The van der Waals surface area contributed by atoms with Crippen molar-refractivity contribution < 1.29 is 23.5 Å². The number of benzene rings is 2. The zero-order chi connectivity index (χ0) is 26.5. The standard InChI is InChI=1S/C30H41BFNO4/c1-29(2)30(3,4)37-31(36-29)27-10-7-9-23-21-24(34)13-16-26(23)28(27)22-11-14-25(15-12-22)35-20-6-5-18-33-19-8-17-32/h11-16,21,33-34H,5-10,17-20H2,1-4H3. The van der Waals surface area contributed by atoms with Crippen LogP contribution in [0, 0.1) is 0 Å². The number of halogens is 1. The summed E-state index contributed by atoms with van der Waals surface area (Å²) < 4.78 is 31.1. The third kappa shape index (κ3) is 6.57. The molecule has 2 N–H and O–H groups in total. The van der Waals surface area contributed by atoms with Gasteiger partial charge in [-0.3, -0.25) is 4.39 Å². The van der Waals surface area contributed by atoms with Crippen molar-refractivity contribution in [3.8, 4) is 11.5 Å². The lowest BCUT2D eigenvalue weighted by molar-refractivity contribution is 0.00578. The topological polar surface area (TPSA) is 60.0 Å². The molecule has 1 fully saturated rings. The Kier molecular flexibility index (Phi) is 8.99. The predicted octanol–water partition coefficient (Wildman–Crippen LogP) is 6.27. The molecular formula is C30H41BFNO4. The molecule has 0 atom stereocenters. The minimum Gasteiger partial charge on any atom is -0.508 e. The summed E-state index contributed by atoms with van der Waals surface area (Å²) in [4.78, 5) is 0. The van der Waals surface area contributed by atoms with Crippen molar-refractivity contribution in [2.45, 2.75) is 77.4 Å². The summed E-state index contributed by atoms with van der Waals surface area (Å²) in [6, 6.07) is 13.9. The van der Waals surface area contributed by atoms with Crippen LogP contribution in [0.1, 0.15) is 76.5 Å². The monoisotopic (exact) mass is 509 g/mol. The molecule has 1 saturated heterocycles. The molecule has 0 bridgehead atoms. The number of phenols is 1. The molecule has 1 aliphatic carbocycles. The maximum atomic E-state index is 12.1. The van der Waals surface area contributed by atoms with Crippen molar-refractivity contribution in [3.05, 3.63) is 64.6 Å². The highest BCUT2D eigenvalue weighted by molar-refractivity contribution is 6.56. The summed E-state index contributed by atoms with van der Waals surface area (Å²) in [5.41, 5.74) is 4.79. The fourth-order valence-electron chi connectivity index (χ4n) is 4.94. The number of hydrogen-bond donors (Lipinski definition) is 2. The van der Waals surface area contributed by atoms with Crippen LogP contribution in [0.3, 0.4) is 0 Å². The first kappa shape index (κ1) is 27.7. The molecular weight excluding hydrogens is 468 g/mol. The number of hydrogen-bond acceptors (Lipinski definition) is 5. The summed E-state index contributed by atoms with van der Waals surface area (Å²) in [6.07, 6.45) is 5.22. The van der Waals surface area contributed by atoms with E-state index < -0.39 is 18.3 Å². The maximum absolute atomic E-state index is 12.1. The molecule has 4 rings (SSSR count). The van der Waals surface area contributed by atoms with E-state index in [2.05, 4.69) is 45.1 Å². The Hall–Kier alpha value is -2.35. The number of ether oxygens (including phenoxy) is 1. The van der Waals surface area contributed by atoms with Crippen LogP contribution < -0.4 is 10.1 Å². The van der Waals surface area contributed by atoms with Gasteiger partial charge >= 0.3 is 7.12 Å². The molecule has 5 nitrogen and oxygen atoms in total. The van der Waals surface area contributed by atoms with E-state index in [1.54, 1.807) is 6.07 Å². The second-order valence-corrected chi connectivity index (χ2v) is 11.1. The van der Waals surface area contributed by atoms with Crippen molar-refractivity contribution in [2.75, 3.05) is 26.4 Å². The number of phenolic OH excluding ortho intramolecular Hbond substituents is 1. The number of aromatic hydroxyl groups is 1. The van der Waals surface area contributed by atoms with E-state index in [1.807, 2.05) is 24.3 Å². The Morgan fingerprint density at radius 2 is 1.65 bits per heavy atom. The van der Waals surface area contributed by atoms with E-state index >= 15 is 0 Å². The van der Waals surface area contributed by atoms with E-state index in [-0.39, 0.29) is 6.67 Å². The van der Waals surface area contributed by atoms with Gasteiger partial charge in [0.15, 0.2) is 0 Å². The van der Waals surface area contributed by atoms with Gasteiger partial charge in [-0.1, -0.05) is 18.2 Å². The molecule has 7 heteroatoms. The third-order valence-electron chi connectivity index (χ3n) is 7.76. The number of rotatable bonds is 11. The molecule has 1 heterocycles. The van der Waals surface area contributed by atoms with Crippen molar-refractivity contribution in [2.24, 2.45) is 0 Å². The van der Waals surface area contributed by atoms with Crippen LogP contribution in [0.25, 0.3) is 5.57 Å². The number of fused-ring (bicyclic) bond motifs is 1. The van der Waals surface area contributed by atoms with Crippen LogP contribution >= 0.6 is 0 Å². The summed E-state index contributed by atoms with van der Waals surface area (Å²) >= 11 is 0. The zero-order valence-corrected chi connectivity index (χ0v) is 22.7.